The van der Waals surface area contributed by atoms with Gasteiger partial charge in [0.25, 0.3) is 0 Å². The average Bonchev–Trinajstić information content (AvgIpc) is 2.96. The van der Waals surface area contributed by atoms with Crippen LogP contribution in [-0.4, -0.2) is 68.7 Å². The van der Waals surface area contributed by atoms with Gasteiger partial charge in [-0.1, -0.05) is 6.42 Å². The molecule has 2 rings (SSSR count). The standard InChI is InChI=1S/C14H26N2O4S/c1-3-15(10-12-7-9-20-11-12)14(17)13-6-4-5-8-16(13)21(2,18)19/h12-13H,3-11H2,1-2H3. The molecular formula is C14H26N2O4S. The van der Waals surface area contributed by atoms with Gasteiger partial charge in [-0.05, 0) is 26.2 Å². The number of amides is 1. The molecule has 2 unspecified atom stereocenters. The Morgan fingerprint density at radius 2 is 2.10 bits per heavy atom. The van der Waals surface area contributed by atoms with Crippen molar-refractivity contribution in [2.75, 3.05) is 39.1 Å². The molecule has 0 N–H and O–H groups in total. The van der Waals surface area contributed by atoms with Crippen LogP contribution < -0.4 is 0 Å². The fourth-order valence-corrected chi connectivity index (χ4v) is 4.29. The highest BCUT2D eigenvalue weighted by Crippen LogP contribution is 2.23. The highest BCUT2D eigenvalue weighted by atomic mass is 32.2. The summed E-state index contributed by atoms with van der Waals surface area (Å²) in [5.74, 6) is 0.332. The van der Waals surface area contributed by atoms with E-state index in [1.54, 1.807) is 4.90 Å². The van der Waals surface area contributed by atoms with Crippen LogP contribution in [0.3, 0.4) is 0 Å². The summed E-state index contributed by atoms with van der Waals surface area (Å²) in [6.45, 7) is 5.15. The number of carbonyl (C=O) groups excluding carboxylic acids is 1. The number of piperidine rings is 1. The van der Waals surface area contributed by atoms with Crippen molar-refractivity contribution >= 4 is 15.9 Å². The minimum Gasteiger partial charge on any atom is -0.381 e. The van der Waals surface area contributed by atoms with Gasteiger partial charge < -0.3 is 9.64 Å². The molecule has 0 saturated carbocycles. The lowest BCUT2D eigenvalue weighted by Crippen LogP contribution is -2.53. The Morgan fingerprint density at radius 1 is 1.33 bits per heavy atom. The van der Waals surface area contributed by atoms with Crippen molar-refractivity contribution in [1.29, 1.82) is 0 Å². The van der Waals surface area contributed by atoms with E-state index in [9.17, 15) is 13.2 Å². The van der Waals surface area contributed by atoms with Crippen LogP contribution in [-0.2, 0) is 19.6 Å². The first-order valence-electron chi connectivity index (χ1n) is 7.76. The van der Waals surface area contributed by atoms with Crippen molar-refractivity contribution < 1.29 is 17.9 Å². The largest absolute Gasteiger partial charge is 0.381 e. The maximum absolute atomic E-state index is 12.8. The highest BCUT2D eigenvalue weighted by molar-refractivity contribution is 7.88. The molecule has 2 atom stereocenters. The Bertz CT molecular complexity index is 460. The summed E-state index contributed by atoms with van der Waals surface area (Å²) in [6, 6.07) is -0.518. The third-order valence-electron chi connectivity index (χ3n) is 4.36. The quantitative estimate of drug-likeness (QED) is 0.748. The normalized spacial score (nSPS) is 27.7. The summed E-state index contributed by atoms with van der Waals surface area (Å²) in [5, 5.41) is 0. The van der Waals surface area contributed by atoms with Gasteiger partial charge in [-0.15, -0.1) is 0 Å². The molecule has 7 heteroatoms. The Balaban J connectivity index is 2.06. The van der Waals surface area contributed by atoms with E-state index >= 15 is 0 Å². The third kappa shape index (κ3) is 4.17. The van der Waals surface area contributed by atoms with Crippen molar-refractivity contribution in [3.05, 3.63) is 0 Å². The fraction of sp³-hybridized carbons (Fsp3) is 0.929. The van der Waals surface area contributed by atoms with Crippen LogP contribution in [0, 0.1) is 5.92 Å². The van der Waals surface area contributed by atoms with E-state index in [4.69, 9.17) is 4.74 Å². The number of ether oxygens (including phenoxy) is 1. The summed E-state index contributed by atoms with van der Waals surface area (Å²) in [5.41, 5.74) is 0. The molecule has 2 aliphatic heterocycles. The van der Waals surface area contributed by atoms with E-state index in [1.165, 1.54) is 10.6 Å². The van der Waals surface area contributed by atoms with Crippen molar-refractivity contribution in [1.82, 2.24) is 9.21 Å². The van der Waals surface area contributed by atoms with Gasteiger partial charge in [0.15, 0.2) is 0 Å². The molecule has 122 valence electrons. The molecule has 2 heterocycles. The number of sulfonamides is 1. The minimum absolute atomic E-state index is 0.0467. The summed E-state index contributed by atoms with van der Waals surface area (Å²) in [6.07, 6.45) is 4.54. The maximum Gasteiger partial charge on any atom is 0.241 e. The number of nitrogens with zero attached hydrogens (tertiary/aromatic N) is 2. The highest BCUT2D eigenvalue weighted by Gasteiger charge is 2.37. The zero-order valence-corrected chi connectivity index (χ0v) is 13.8. The van der Waals surface area contributed by atoms with Crippen LogP contribution in [0.2, 0.25) is 0 Å². The van der Waals surface area contributed by atoms with E-state index in [2.05, 4.69) is 0 Å². The summed E-state index contributed by atoms with van der Waals surface area (Å²) in [4.78, 5) is 14.6. The number of rotatable bonds is 5. The van der Waals surface area contributed by atoms with Gasteiger partial charge in [-0.2, -0.15) is 4.31 Å². The lowest BCUT2D eigenvalue weighted by molar-refractivity contribution is -0.136. The van der Waals surface area contributed by atoms with E-state index in [1.807, 2.05) is 6.92 Å². The van der Waals surface area contributed by atoms with Gasteiger partial charge in [0, 0.05) is 32.2 Å². The smallest absolute Gasteiger partial charge is 0.241 e. The van der Waals surface area contributed by atoms with E-state index in [0.29, 0.717) is 38.6 Å². The summed E-state index contributed by atoms with van der Waals surface area (Å²) in [7, 11) is -3.33. The van der Waals surface area contributed by atoms with Gasteiger partial charge in [0.1, 0.15) is 6.04 Å². The molecule has 6 nitrogen and oxygen atoms in total. The molecule has 21 heavy (non-hydrogen) atoms. The predicted molar refractivity (Wildman–Crippen MR) is 80.4 cm³/mol. The zero-order chi connectivity index (χ0) is 15.5. The maximum atomic E-state index is 12.8. The van der Waals surface area contributed by atoms with Gasteiger partial charge >= 0.3 is 0 Å². The van der Waals surface area contributed by atoms with Gasteiger partial charge in [0.2, 0.25) is 15.9 Å². The Labute approximate surface area is 127 Å². The second kappa shape index (κ2) is 7.07. The first kappa shape index (κ1) is 16.7. The number of likely N-dealkylation sites (N-methyl/N-ethyl adjacent to an activating group) is 1. The average molecular weight is 318 g/mol. The third-order valence-corrected chi connectivity index (χ3v) is 5.65. The van der Waals surface area contributed by atoms with Crippen LogP contribution >= 0.6 is 0 Å². The molecule has 0 radical (unpaired) electrons. The molecule has 0 aliphatic carbocycles. The second-order valence-corrected chi connectivity index (χ2v) is 7.93. The lowest BCUT2D eigenvalue weighted by atomic mass is 10.0. The van der Waals surface area contributed by atoms with E-state index in [-0.39, 0.29) is 5.91 Å². The van der Waals surface area contributed by atoms with Crippen LogP contribution in [0.15, 0.2) is 0 Å². The molecule has 0 aromatic rings. The van der Waals surface area contributed by atoms with Crippen molar-refractivity contribution in [3.63, 3.8) is 0 Å². The summed E-state index contributed by atoms with van der Waals surface area (Å²) < 4.78 is 30.5. The van der Waals surface area contributed by atoms with Crippen molar-refractivity contribution in [2.24, 2.45) is 5.92 Å². The Hall–Kier alpha value is -0.660. The number of hydrogen-bond acceptors (Lipinski definition) is 4. The molecule has 0 aromatic heterocycles. The van der Waals surface area contributed by atoms with Crippen molar-refractivity contribution in [2.45, 2.75) is 38.6 Å². The second-order valence-electron chi connectivity index (χ2n) is 5.99. The molecule has 2 saturated heterocycles. The van der Waals surface area contributed by atoms with E-state index in [0.717, 1.165) is 25.9 Å². The van der Waals surface area contributed by atoms with Crippen LogP contribution in [0.25, 0.3) is 0 Å². The molecule has 0 spiro atoms. The summed E-state index contributed by atoms with van der Waals surface area (Å²) >= 11 is 0. The Morgan fingerprint density at radius 3 is 2.67 bits per heavy atom. The first-order valence-corrected chi connectivity index (χ1v) is 9.61. The van der Waals surface area contributed by atoms with Crippen LogP contribution in [0.4, 0.5) is 0 Å². The SMILES string of the molecule is CCN(CC1CCOC1)C(=O)C1CCCCN1S(C)(=O)=O. The van der Waals surface area contributed by atoms with Crippen LogP contribution in [0.5, 0.6) is 0 Å². The minimum atomic E-state index is -3.33. The van der Waals surface area contributed by atoms with Gasteiger partial charge in [0.05, 0.1) is 12.9 Å². The fourth-order valence-electron chi connectivity index (χ4n) is 3.17. The molecule has 1 amide bonds. The number of carbonyl (C=O) groups is 1. The monoisotopic (exact) mass is 318 g/mol. The van der Waals surface area contributed by atoms with E-state index < -0.39 is 16.1 Å². The molecule has 2 aliphatic rings. The van der Waals surface area contributed by atoms with Crippen LogP contribution in [0.1, 0.15) is 32.6 Å². The van der Waals surface area contributed by atoms with Crippen molar-refractivity contribution in [3.8, 4) is 0 Å². The lowest BCUT2D eigenvalue weighted by Gasteiger charge is -2.36. The predicted octanol–water partition coefficient (Wildman–Crippen LogP) is 0.686. The van der Waals surface area contributed by atoms with Gasteiger partial charge in [-0.3, -0.25) is 4.79 Å². The molecule has 0 bridgehead atoms. The molecular weight excluding hydrogens is 292 g/mol. The molecule has 2 fully saturated rings. The molecule has 0 aromatic carbocycles. The zero-order valence-electron chi connectivity index (χ0n) is 13.0. The first-order chi connectivity index (χ1) is 9.93. The van der Waals surface area contributed by atoms with Gasteiger partial charge in [-0.25, -0.2) is 8.42 Å². The number of hydrogen-bond donors (Lipinski definition) is 0. The topological polar surface area (TPSA) is 66.9 Å². The Kier molecular flexibility index (Phi) is 5.62.